The molecule has 29 heavy (non-hydrogen) atoms. The molecule has 3 aromatic rings. The lowest BCUT2D eigenvalue weighted by Crippen LogP contribution is -2.44. The van der Waals surface area contributed by atoms with Gasteiger partial charge in [0.15, 0.2) is 5.78 Å². The number of Topliss-reactive ketones (excluding diaryl/α,β-unsaturated/α-hetero) is 2. The van der Waals surface area contributed by atoms with Gasteiger partial charge in [0.05, 0.1) is 19.0 Å². The monoisotopic (exact) mass is 405 g/mol. The van der Waals surface area contributed by atoms with E-state index in [-0.39, 0.29) is 23.9 Å². The molecular weight excluding hydrogens is 386 g/mol. The van der Waals surface area contributed by atoms with Crippen molar-refractivity contribution in [3.05, 3.63) is 64.5 Å². The molecule has 0 bridgehead atoms. The van der Waals surface area contributed by atoms with Crippen molar-refractivity contribution in [3.8, 4) is 5.75 Å². The van der Waals surface area contributed by atoms with Gasteiger partial charge in [-0.15, -0.1) is 11.3 Å². The Bertz CT molecular complexity index is 1150. The molecule has 0 N–H and O–H groups in total. The number of carbonyl (C=O) groups is 3. The smallest absolute Gasteiger partial charge is 0.255 e. The highest BCUT2D eigenvalue weighted by molar-refractivity contribution is 7.17. The number of benzene rings is 2. The average Bonchev–Trinajstić information content (AvgIpc) is 3.28. The van der Waals surface area contributed by atoms with Crippen molar-refractivity contribution in [2.75, 3.05) is 0 Å². The van der Waals surface area contributed by atoms with Crippen molar-refractivity contribution in [3.63, 3.8) is 0 Å². The van der Waals surface area contributed by atoms with Crippen LogP contribution < -0.4 is 4.74 Å². The summed E-state index contributed by atoms with van der Waals surface area (Å²) in [5.41, 5.74) is 2.52. The molecule has 1 fully saturated rings. The standard InChI is InChI=1S/C23H19NO4S/c25-15-8-9-19(20(26)10-15)24-11-18-17(23(24)27)5-3-6-21(18)28-12-14-13-29-22-7-2-1-4-16(14)22/h1-7,13,19H,8-12H2. The van der Waals surface area contributed by atoms with E-state index in [2.05, 4.69) is 17.5 Å². The molecule has 0 saturated heterocycles. The Morgan fingerprint density at radius 1 is 1.07 bits per heavy atom. The van der Waals surface area contributed by atoms with Crippen molar-refractivity contribution >= 4 is 38.9 Å². The predicted octanol–water partition coefficient (Wildman–Crippen LogP) is 4.13. The number of hydrogen-bond acceptors (Lipinski definition) is 5. The number of nitrogens with zero attached hydrogens (tertiary/aromatic N) is 1. The number of ketones is 2. The van der Waals surface area contributed by atoms with Crippen LogP contribution in [0.4, 0.5) is 0 Å². The lowest BCUT2D eigenvalue weighted by molar-refractivity contribution is -0.133. The molecule has 0 spiro atoms. The van der Waals surface area contributed by atoms with Gasteiger partial charge in [0.25, 0.3) is 5.91 Å². The van der Waals surface area contributed by atoms with Crippen LogP contribution >= 0.6 is 11.3 Å². The van der Waals surface area contributed by atoms with Crippen molar-refractivity contribution in [2.24, 2.45) is 0 Å². The Balaban J connectivity index is 1.38. The third-order valence-corrected chi connectivity index (χ3v) is 6.73. The van der Waals surface area contributed by atoms with E-state index in [0.29, 0.717) is 37.3 Å². The summed E-state index contributed by atoms with van der Waals surface area (Å²) in [5, 5.41) is 3.28. The molecule has 1 aromatic heterocycles. The molecule has 1 unspecified atom stereocenters. The molecule has 5 rings (SSSR count). The van der Waals surface area contributed by atoms with Crippen molar-refractivity contribution in [1.82, 2.24) is 4.90 Å². The van der Waals surface area contributed by atoms with E-state index in [9.17, 15) is 14.4 Å². The van der Waals surface area contributed by atoms with Gasteiger partial charge in [-0.1, -0.05) is 24.3 Å². The largest absolute Gasteiger partial charge is 0.488 e. The number of ether oxygens (including phenoxy) is 1. The normalized spacial score (nSPS) is 19.1. The summed E-state index contributed by atoms with van der Waals surface area (Å²) in [5.74, 6) is 0.323. The summed E-state index contributed by atoms with van der Waals surface area (Å²) in [4.78, 5) is 38.4. The fourth-order valence-corrected chi connectivity index (χ4v) is 5.15. The molecular formula is C23H19NO4S. The van der Waals surface area contributed by atoms with E-state index < -0.39 is 6.04 Å². The average molecular weight is 405 g/mol. The minimum absolute atomic E-state index is 0.0394. The zero-order valence-corrected chi connectivity index (χ0v) is 16.5. The predicted molar refractivity (Wildman–Crippen MR) is 110 cm³/mol. The number of amides is 1. The lowest BCUT2D eigenvalue weighted by Gasteiger charge is -2.29. The summed E-state index contributed by atoms with van der Waals surface area (Å²) in [6.45, 7) is 0.769. The fraction of sp³-hybridized carbons (Fsp3) is 0.261. The van der Waals surface area contributed by atoms with Gasteiger partial charge in [-0.3, -0.25) is 14.4 Å². The fourth-order valence-electron chi connectivity index (χ4n) is 4.20. The van der Waals surface area contributed by atoms with Gasteiger partial charge in [-0.05, 0) is 35.4 Å². The van der Waals surface area contributed by atoms with Crippen LogP contribution in [0.15, 0.2) is 47.8 Å². The van der Waals surface area contributed by atoms with Gasteiger partial charge in [-0.2, -0.15) is 0 Å². The van der Waals surface area contributed by atoms with Gasteiger partial charge < -0.3 is 9.64 Å². The first-order valence-electron chi connectivity index (χ1n) is 9.67. The van der Waals surface area contributed by atoms with Crippen molar-refractivity contribution in [2.45, 2.75) is 38.5 Å². The molecule has 5 nitrogen and oxygen atoms in total. The van der Waals surface area contributed by atoms with E-state index in [0.717, 1.165) is 11.1 Å². The lowest BCUT2D eigenvalue weighted by atomic mass is 9.92. The maximum Gasteiger partial charge on any atom is 0.255 e. The van der Waals surface area contributed by atoms with Crippen LogP contribution in [0.2, 0.25) is 0 Å². The summed E-state index contributed by atoms with van der Waals surface area (Å²) in [6, 6.07) is 13.2. The number of hydrogen-bond donors (Lipinski definition) is 0. The summed E-state index contributed by atoms with van der Waals surface area (Å²) in [7, 11) is 0. The maximum absolute atomic E-state index is 12.9. The molecule has 1 aliphatic carbocycles. The highest BCUT2D eigenvalue weighted by Crippen LogP contribution is 2.35. The highest BCUT2D eigenvalue weighted by atomic mass is 32.1. The number of fused-ring (bicyclic) bond motifs is 2. The topological polar surface area (TPSA) is 63.7 Å². The molecule has 2 aliphatic rings. The van der Waals surface area contributed by atoms with Gasteiger partial charge in [0.2, 0.25) is 0 Å². The minimum Gasteiger partial charge on any atom is -0.488 e. The van der Waals surface area contributed by atoms with Gasteiger partial charge in [0, 0.05) is 27.8 Å². The summed E-state index contributed by atoms with van der Waals surface area (Å²) >= 11 is 1.69. The third kappa shape index (κ3) is 3.13. The molecule has 146 valence electrons. The van der Waals surface area contributed by atoms with Crippen LogP contribution in [0.25, 0.3) is 10.1 Å². The number of thiophene rings is 1. The van der Waals surface area contributed by atoms with E-state index in [1.165, 1.54) is 10.1 Å². The van der Waals surface area contributed by atoms with E-state index in [1.54, 1.807) is 22.3 Å². The first-order chi connectivity index (χ1) is 14.1. The maximum atomic E-state index is 12.9. The van der Waals surface area contributed by atoms with Crippen molar-refractivity contribution in [1.29, 1.82) is 0 Å². The molecule has 0 radical (unpaired) electrons. The van der Waals surface area contributed by atoms with Crippen LogP contribution in [0.5, 0.6) is 5.75 Å². The van der Waals surface area contributed by atoms with Gasteiger partial charge in [0.1, 0.15) is 18.1 Å². The van der Waals surface area contributed by atoms with Crippen LogP contribution in [0, 0.1) is 0 Å². The Morgan fingerprint density at radius 2 is 1.93 bits per heavy atom. The van der Waals surface area contributed by atoms with Crippen LogP contribution in [-0.4, -0.2) is 28.4 Å². The molecule has 1 aliphatic heterocycles. The Hall–Kier alpha value is -2.99. The molecule has 2 heterocycles. The van der Waals surface area contributed by atoms with E-state index in [4.69, 9.17) is 4.74 Å². The SMILES string of the molecule is O=C1CCC(N2Cc3c(OCc4csc5ccccc45)cccc3C2=O)C(=O)C1. The first kappa shape index (κ1) is 18.1. The Kier molecular flexibility index (Phi) is 4.43. The molecule has 1 saturated carbocycles. The highest BCUT2D eigenvalue weighted by Gasteiger charge is 2.39. The van der Waals surface area contributed by atoms with Gasteiger partial charge in [-0.25, -0.2) is 0 Å². The minimum atomic E-state index is -0.513. The number of carbonyl (C=O) groups excluding carboxylic acids is 3. The summed E-state index contributed by atoms with van der Waals surface area (Å²) in [6.07, 6.45) is 0.693. The molecule has 1 atom stereocenters. The van der Waals surface area contributed by atoms with Crippen molar-refractivity contribution < 1.29 is 19.1 Å². The Morgan fingerprint density at radius 3 is 2.79 bits per heavy atom. The first-order valence-corrected chi connectivity index (χ1v) is 10.5. The second kappa shape index (κ2) is 7.12. The Labute approximate surface area is 171 Å². The molecule has 6 heteroatoms. The summed E-state index contributed by atoms with van der Waals surface area (Å²) < 4.78 is 7.34. The second-order valence-corrected chi connectivity index (χ2v) is 8.41. The van der Waals surface area contributed by atoms with Crippen LogP contribution in [0.3, 0.4) is 0 Å². The van der Waals surface area contributed by atoms with Gasteiger partial charge >= 0.3 is 0 Å². The molecule has 1 amide bonds. The van der Waals surface area contributed by atoms with E-state index in [1.807, 2.05) is 24.3 Å². The van der Waals surface area contributed by atoms with E-state index >= 15 is 0 Å². The van der Waals surface area contributed by atoms with Crippen LogP contribution in [-0.2, 0) is 22.7 Å². The van der Waals surface area contributed by atoms with Crippen LogP contribution in [0.1, 0.15) is 40.7 Å². The second-order valence-electron chi connectivity index (χ2n) is 7.50. The third-order valence-electron chi connectivity index (χ3n) is 5.71. The quantitative estimate of drug-likeness (QED) is 0.613. The zero-order valence-electron chi connectivity index (χ0n) is 15.7. The zero-order chi connectivity index (χ0) is 20.0. The molecule has 2 aromatic carbocycles. The number of rotatable bonds is 4.